The van der Waals surface area contributed by atoms with Crippen molar-refractivity contribution in [2.45, 2.75) is 26.9 Å². The summed E-state index contributed by atoms with van der Waals surface area (Å²) in [7, 11) is 0. The Hall–Kier alpha value is -1.95. The van der Waals surface area contributed by atoms with Gasteiger partial charge >= 0.3 is 6.61 Å². The summed E-state index contributed by atoms with van der Waals surface area (Å²) in [6, 6.07) is 6.32. The summed E-state index contributed by atoms with van der Waals surface area (Å²) < 4.78 is 29.2. The molecule has 4 nitrogen and oxygen atoms in total. The van der Waals surface area contributed by atoms with Gasteiger partial charge in [-0.2, -0.15) is 8.78 Å². The van der Waals surface area contributed by atoms with Crippen molar-refractivity contribution in [3.05, 3.63) is 35.9 Å². The van der Waals surface area contributed by atoms with Crippen LogP contribution in [0, 0.1) is 5.92 Å². The van der Waals surface area contributed by atoms with Crippen LogP contribution in [0.15, 0.2) is 30.3 Å². The molecule has 1 rings (SSSR count). The van der Waals surface area contributed by atoms with Crippen molar-refractivity contribution in [3.8, 4) is 5.75 Å². The minimum absolute atomic E-state index is 0.0349. The zero-order chi connectivity index (χ0) is 16.5. The van der Waals surface area contributed by atoms with Gasteiger partial charge in [-0.15, -0.1) is 0 Å². The molecule has 0 radical (unpaired) electrons. The number of aliphatic hydroxyl groups is 1. The summed E-state index contributed by atoms with van der Waals surface area (Å²) in [5, 5.41) is 11.5. The number of alkyl halides is 2. The Morgan fingerprint density at radius 3 is 2.73 bits per heavy atom. The van der Waals surface area contributed by atoms with Gasteiger partial charge in [-0.1, -0.05) is 25.1 Å². The van der Waals surface area contributed by atoms with Gasteiger partial charge < -0.3 is 15.2 Å². The number of hydrogen-bond donors (Lipinski definition) is 2. The van der Waals surface area contributed by atoms with Crippen LogP contribution in [0.4, 0.5) is 8.78 Å². The molecule has 6 heteroatoms. The Morgan fingerprint density at radius 1 is 1.41 bits per heavy atom. The lowest BCUT2D eigenvalue weighted by molar-refractivity contribution is -0.116. The number of amides is 1. The standard InChI is InChI=1S/C16H21F2NO3/c1-11(7-8-20)10-19-15(21)9-12(2)13-5-3-4-6-14(13)22-16(17)18/h3-6,9,11,16,20H,7-8,10H2,1-2H3,(H,19,21)/b12-9-. The fourth-order valence-electron chi connectivity index (χ4n) is 1.91. The van der Waals surface area contributed by atoms with Gasteiger partial charge in [0.15, 0.2) is 0 Å². The predicted molar refractivity (Wildman–Crippen MR) is 80.6 cm³/mol. The molecule has 1 amide bonds. The molecule has 1 atom stereocenters. The van der Waals surface area contributed by atoms with Crippen LogP contribution in [0.2, 0.25) is 0 Å². The van der Waals surface area contributed by atoms with E-state index in [1.165, 1.54) is 12.1 Å². The Balaban J connectivity index is 2.74. The molecule has 0 fully saturated rings. The lowest BCUT2D eigenvalue weighted by Gasteiger charge is -2.12. The van der Waals surface area contributed by atoms with Crippen LogP contribution in [0.5, 0.6) is 5.75 Å². The topological polar surface area (TPSA) is 58.6 Å². The molecular weight excluding hydrogens is 292 g/mol. The first-order valence-corrected chi connectivity index (χ1v) is 7.05. The van der Waals surface area contributed by atoms with Crippen LogP contribution < -0.4 is 10.1 Å². The van der Waals surface area contributed by atoms with Crippen LogP contribution in [0.1, 0.15) is 25.8 Å². The van der Waals surface area contributed by atoms with E-state index in [-0.39, 0.29) is 24.2 Å². The van der Waals surface area contributed by atoms with Crippen molar-refractivity contribution in [2.24, 2.45) is 5.92 Å². The minimum Gasteiger partial charge on any atom is -0.434 e. The number of nitrogens with one attached hydrogen (secondary N) is 1. The highest BCUT2D eigenvalue weighted by Crippen LogP contribution is 2.26. The lowest BCUT2D eigenvalue weighted by Crippen LogP contribution is -2.27. The molecule has 122 valence electrons. The van der Waals surface area contributed by atoms with Gasteiger partial charge in [-0.25, -0.2) is 0 Å². The average molecular weight is 313 g/mol. The van der Waals surface area contributed by atoms with E-state index in [0.717, 1.165) is 0 Å². The molecule has 0 saturated carbocycles. The maximum Gasteiger partial charge on any atom is 0.387 e. The quantitative estimate of drug-likeness (QED) is 0.726. The van der Waals surface area contributed by atoms with Crippen LogP contribution in [-0.4, -0.2) is 30.8 Å². The molecule has 2 N–H and O–H groups in total. The van der Waals surface area contributed by atoms with Crippen molar-refractivity contribution in [2.75, 3.05) is 13.2 Å². The molecular formula is C16H21F2NO3. The Kier molecular flexibility index (Phi) is 7.52. The molecule has 0 saturated heterocycles. The van der Waals surface area contributed by atoms with Gasteiger partial charge in [0.2, 0.25) is 5.91 Å². The van der Waals surface area contributed by atoms with Crippen LogP contribution >= 0.6 is 0 Å². The summed E-state index contributed by atoms with van der Waals surface area (Å²) >= 11 is 0. The second kappa shape index (κ2) is 9.15. The van der Waals surface area contributed by atoms with Crippen molar-refractivity contribution in [1.29, 1.82) is 0 Å². The number of hydrogen-bond acceptors (Lipinski definition) is 3. The van der Waals surface area contributed by atoms with Crippen LogP contribution in [-0.2, 0) is 4.79 Å². The fraction of sp³-hybridized carbons (Fsp3) is 0.438. The lowest BCUT2D eigenvalue weighted by atomic mass is 10.1. The number of aliphatic hydroxyl groups excluding tert-OH is 1. The number of benzene rings is 1. The van der Waals surface area contributed by atoms with Gasteiger partial charge in [0.25, 0.3) is 0 Å². The first kappa shape index (κ1) is 18.1. The maximum atomic E-state index is 12.4. The zero-order valence-electron chi connectivity index (χ0n) is 12.7. The van der Waals surface area contributed by atoms with Crippen LogP contribution in [0.25, 0.3) is 5.57 Å². The molecule has 0 aliphatic carbocycles. The number of allylic oxidation sites excluding steroid dienone is 1. The second-order valence-corrected chi connectivity index (χ2v) is 5.06. The molecule has 1 aromatic carbocycles. The van der Waals surface area contributed by atoms with E-state index in [4.69, 9.17) is 5.11 Å². The molecule has 1 unspecified atom stereocenters. The summed E-state index contributed by atoms with van der Waals surface area (Å²) in [6.07, 6.45) is 1.95. The molecule has 0 bridgehead atoms. The minimum atomic E-state index is -2.91. The van der Waals surface area contributed by atoms with E-state index in [1.807, 2.05) is 6.92 Å². The van der Waals surface area contributed by atoms with Crippen molar-refractivity contribution >= 4 is 11.5 Å². The number of carbonyl (C=O) groups is 1. The zero-order valence-corrected chi connectivity index (χ0v) is 12.7. The van der Waals surface area contributed by atoms with Gasteiger partial charge in [-0.05, 0) is 30.9 Å². The molecule has 0 aromatic heterocycles. The van der Waals surface area contributed by atoms with E-state index in [0.29, 0.717) is 24.1 Å². The maximum absolute atomic E-state index is 12.4. The second-order valence-electron chi connectivity index (χ2n) is 5.06. The fourth-order valence-corrected chi connectivity index (χ4v) is 1.91. The number of para-hydroxylation sites is 1. The largest absolute Gasteiger partial charge is 0.434 e. The van der Waals surface area contributed by atoms with Gasteiger partial charge in [-0.3, -0.25) is 4.79 Å². The SMILES string of the molecule is C/C(=C/C(=O)NCC(C)CCO)c1ccccc1OC(F)F. The number of ether oxygens (including phenoxy) is 1. The summed E-state index contributed by atoms with van der Waals surface area (Å²) in [5.41, 5.74) is 0.977. The van der Waals surface area contributed by atoms with E-state index >= 15 is 0 Å². The number of rotatable bonds is 8. The third kappa shape index (κ3) is 6.22. The third-order valence-corrected chi connectivity index (χ3v) is 3.12. The molecule has 0 aliphatic heterocycles. The van der Waals surface area contributed by atoms with E-state index in [2.05, 4.69) is 10.1 Å². The van der Waals surface area contributed by atoms with Crippen molar-refractivity contribution in [1.82, 2.24) is 5.32 Å². The number of halogens is 2. The smallest absolute Gasteiger partial charge is 0.387 e. The molecule has 0 aliphatic rings. The monoisotopic (exact) mass is 313 g/mol. The van der Waals surface area contributed by atoms with Crippen LogP contribution in [0.3, 0.4) is 0 Å². The highest BCUT2D eigenvalue weighted by atomic mass is 19.3. The molecule has 0 spiro atoms. The third-order valence-electron chi connectivity index (χ3n) is 3.12. The van der Waals surface area contributed by atoms with E-state index in [9.17, 15) is 13.6 Å². The van der Waals surface area contributed by atoms with Crippen molar-refractivity contribution in [3.63, 3.8) is 0 Å². The van der Waals surface area contributed by atoms with Gasteiger partial charge in [0.1, 0.15) is 5.75 Å². The highest BCUT2D eigenvalue weighted by molar-refractivity contribution is 5.95. The summed E-state index contributed by atoms with van der Waals surface area (Å²) in [6.45, 7) is 1.17. The molecule has 0 heterocycles. The van der Waals surface area contributed by atoms with Gasteiger partial charge in [0, 0.05) is 24.8 Å². The average Bonchev–Trinajstić information content (AvgIpc) is 2.45. The van der Waals surface area contributed by atoms with E-state index < -0.39 is 6.61 Å². The normalized spacial score (nSPS) is 13.1. The Morgan fingerprint density at radius 2 is 2.09 bits per heavy atom. The molecule has 22 heavy (non-hydrogen) atoms. The Labute approximate surface area is 128 Å². The predicted octanol–water partition coefficient (Wildman–Crippen LogP) is 2.83. The number of carbonyl (C=O) groups excluding carboxylic acids is 1. The Bertz CT molecular complexity index is 518. The summed E-state index contributed by atoms with van der Waals surface area (Å²) in [5.74, 6) is -0.112. The highest BCUT2D eigenvalue weighted by Gasteiger charge is 2.11. The van der Waals surface area contributed by atoms with E-state index in [1.54, 1.807) is 25.1 Å². The first-order chi connectivity index (χ1) is 10.4. The first-order valence-electron chi connectivity index (χ1n) is 7.05. The summed E-state index contributed by atoms with van der Waals surface area (Å²) in [4.78, 5) is 11.8. The van der Waals surface area contributed by atoms with Crippen molar-refractivity contribution < 1.29 is 23.4 Å². The van der Waals surface area contributed by atoms with Gasteiger partial charge in [0.05, 0.1) is 0 Å². The molecule has 1 aromatic rings.